The Labute approximate surface area is 96.8 Å². The number of halogens is 1. The minimum absolute atomic E-state index is 0.0399. The second-order valence-corrected chi connectivity index (χ2v) is 3.79. The molecule has 0 fully saturated rings. The molecule has 2 N–H and O–H groups in total. The third kappa shape index (κ3) is 4.85. The molecule has 0 aliphatic carbocycles. The molecule has 1 heterocycles. The predicted molar refractivity (Wildman–Crippen MR) is 61.5 cm³/mol. The molecular formula is C9H13BrN4O. The summed E-state index contributed by atoms with van der Waals surface area (Å²) in [4.78, 5) is 19.3. The third-order valence-corrected chi connectivity index (χ3v) is 2.13. The lowest BCUT2D eigenvalue weighted by molar-refractivity contribution is -0.116. The van der Waals surface area contributed by atoms with Crippen LogP contribution in [0.15, 0.2) is 17.0 Å². The molecule has 5 nitrogen and oxygen atoms in total. The normalized spacial score (nSPS) is 10.0. The maximum atomic E-state index is 11.4. The van der Waals surface area contributed by atoms with Crippen molar-refractivity contribution in [1.29, 1.82) is 0 Å². The number of nitrogens with zero attached hydrogens (tertiary/aromatic N) is 2. The molecule has 0 aromatic carbocycles. The molecule has 82 valence electrons. The summed E-state index contributed by atoms with van der Waals surface area (Å²) in [5.41, 5.74) is 0. The van der Waals surface area contributed by atoms with Gasteiger partial charge in [-0.15, -0.1) is 0 Å². The van der Waals surface area contributed by atoms with Crippen LogP contribution in [0, 0.1) is 0 Å². The Hall–Kier alpha value is -1.01. The van der Waals surface area contributed by atoms with E-state index in [4.69, 9.17) is 0 Å². The van der Waals surface area contributed by atoms with E-state index in [0.29, 0.717) is 16.8 Å². The molecule has 0 aliphatic heterocycles. The van der Waals surface area contributed by atoms with Crippen molar-refractivity contribution in [3.63, 3.8) is 0 Å². The Balaban J connectivity index is 2.34. The number of anilines is 1. The molecule has 15 heavy (non-hydrogen) atoms. The molecular weight excluding hydrogens is 260 g/mol. The van der Waals surface area contributed by atoms with Gasteiger partial charge in [-0.3, -0.25) is 4.79 Å². The van der Waals surface area contributed by atoms with Crippen LogP contribution < -0.4 is 10.6 Å². The van der Waals surface area contributed by atoms with Gasteiger partial charge in [0.25, 0.3) is 0 Å². The second-order valence-electron chi connectivity index (χ2n) is 2.98. The minimum Gasteiger partial charge on any atom is -0.320 e. The van der Waals surface area contributed by atoms with Crippen LogP contribution in [0.3, 0.4) is 0 Å². The van der Waals surface area contributed by atoms with Crippen LogP contribution in [0.25, 0.3) is 0 Å². The maximum Gasteiger partial charge on any atom is 0.225 e. The van der Waals surface area contributed by atoms with Crippen LogP contribution in [0.5, 0.6) is 0 Å². The van der Waals surface area contributed by atoms with Crippen LogP contribution in [-0.2, 0) is 4.79 Å². The van der Waals surface area contributed by atoms with E-state index in [2.05, 4.69) is 36.5 Å². The summed E-state index contributed by atoms with van der Waals surface area (Å²) in [6.07, 6.45) is 4.36. The van der Waals surface area contributed by atoms with Crippen molar-refractivity contribution in [2.75, 3.05) is 18.9 Å². The van der Waals surface area contributed by atoms with Gasteiger partial charge in [-0.2, -0.15) is 0 Å². The Kier molecular flexibility index (Phi) is 5.20. The topological polar surface area (TPSA) is 66.9 Å². The zero-order valence-corrected chi connectivity index (χ0v) is 10.0. The molecule has 0 spiro atoms. The zero-order chi connectivity index (χ0) is 11.1. The SMILES string of the molecule is CNCCCC(=O)Nc1cnc(Br)cn1. The van der Waals surface area contributed by atoms with E-state index >= 15 is 0 Å². The number of carbonyl (C=O) groups excluding carboxylic acids is 1. The summed E-state index contributed by atoms with van der Waals surface area (Å²) >= 11 is 3.17. The summed E-state index contributed by atoms with van der Waals surface area (Å²) in [5, 5.41) is 5.65. The zero-order valence-electron chi connectivity index (χ0n) is 8.46. The number of aromatic nitrogens is 2. The Morgan fingerprint density at radius 1 is 1.47 bits per heavy atom. The molecule has 0 aliphatic rings. The first-order valence-corrected chi connectivity index (χ1v) is 5.43. The van der Waals surface area contributed by atoms with Crippen molar-refractivity contribution in [1.82, 2.24) is 15.3 Å². The van der Waals surface area contributed by atoms with E-state index in [9.17, 15) is 4.79 Å². The van der Waals surface area contributed by atoms with Gasteiger partial charge in [0.2, 0.25) is 5.91 Å². The van der Waals surface area contributed by atoms with E-state index in [1.807, 2.05) is 7.05 Å². The van der Waals surface area contributed by atoms with Gasteiger partial charge in [0.1, 0.15) is 4.60 Å². The van der Waals surface area contributed by atoms with Crippen molar-refractivity contribution in [3.05, 3.63) is 17.0 Å². The number of rotatable bonds is 5. The summed E-state index contributed by atoms with van der Waals surface area (Å²) in [7, 11) is 1.86. The Bertz CT molecular complexity index is 314. The first kappa shape index (κ1) is 12.1. The van der Waals surface area contributed by atoms with Gasteiger partial charge in [0.05, 0.1) is 12.4 Å². The van der Waals surface area contributed by atoms with Crippen LogP contribution in [-0.4, -0.2) is 29.5 Å². The van der Waals surface area contributed by atoms with Crippen molar-refractivity contribution in [2.45, 2.75) is 12.8 Å². The predicted octanol–water partition coefficient (Wildman–Crippen LogP) is 1.18. The fourth-order valence-corrected chi connectivity index (χ4v) is 1.21. The van der Waals surface area contributed by atoms with Crippen molar-refractivity contribution in [3.8, 4) is 0 Å². The lowest BCUT2D eigenvalue weighted by Gasteiger charge is -2.03. The first-order chi connectivity index (χ1) is 7.22. The lowest BCUT2D eigenvalue weighted by Crippen LogP contribution is -2.15. The van der Waals surface area contributed by atoms with Gasteiger partial charge in [0.15, 0.2) is 5.82 Å². The quantitative estimate of drug-likeness (QED) is 0.790. The molecule has 0 bridgehead atoms. The van der Waals surface area contributed by atoms with Gasteiger partial charge in [-0.1, -0.05) is 0 Å². The van der Waals surface area contributed by atoms with Gasteiger partial charge < -0.3 is 10.6 Å². The van der Waals surface area contributed by atoms with Crippen LogP contribution in [0.4, 0.5) is 5.82 Å². The minimum atomic E-state index is -0.0399. The summed E-state index contributed by atoms with van der Waals surface area (Å²) in [6.45, 7) is 0.833. The number of hydrogen-bond acceptors (Lipinski definition) is 4. The molecule has 0 unspecified atom stereocenters. The second kappa shape index (κ2) is 6.47. The molecule has 1 rings (SSSR count). The smallest absolute Gasteiger partial charge is 0.225 e. The molecule has 6 heteroatoms. The molecule has 1 aromatic heterocycles. The monoisotopic (exact) mass is 272 g/mol. The first-order valence-electron chi connectivity index (χ1n) is 4.64. The molecule has 1 amide bonds. The highest BCUT2D eigenvalue weighted by Gasteiger charge is 2.02. The summed E-state index contributed by atoms with van der Waals surface area (Å²) in [6, 6.07) is 0. The van der Waals surface area contributed by atoms with Gasteiger partial charge in [-0.05, 0) is 35.9 Å². The van der Waals surface area contributed by atoms with Crippen molar-refractivity contribution in [2.24, 2.45) is 0 Å². The highest BCUT2D eigenvalue weighted by atomic mass is 79.9. The molecule has 0 radical (unpaired) electrons. The molecule has 0 saturated heterocycles. The third-order valence-electron chi connectivity index (χ3n) is 1.72. The molecule has 1 aromatic rings. The average molecular weight is 273 g/mol. The largest absolute Gasteiger partial charge is 0.320 e. The molecule has 0 saturated carbocycles. The van der Waals surface area contributed by atoms with E-state index < -0.39 is 0 Å². The van der Waals surface area contributed by atoms with E-state index in [-0.39, 0.29) is 5.91 Å². The maximum absolute atomic E-state index is 11.4. The van der Waals surface area contributed by atoms with E-state index in [1.165, 1.54) is 6.20 Å². The fourth-order valence-electron chi connectivity index (χ4n) is 1.01. The molecule has 0 atom stereocenters. The number of carbonyl (C=O) groups is 1. The Morgan fingerprint density at radius 3 is 2.87 bits per heavy atom. The Morgan fingerprint density at radius 2 is 2.27 bits per heavy atom. The van der Waals surface area contributed by atoms with Crippen molar-refractivity contribution >= 4 is 27.7 Å². The van der Waals surface area contributed by atoms with Crippen LogP contribution in [0.1, 0.15) is 12.8 Å². The van der Waals surface area contributed by atoms with E-state index in [0.717, 1.165) is 13.0 Å². The van der Waals surface area contributed by atoms with Crippen molar-refractivity contribution < 1.29 is 4.79 Å². The summed E-state index contributed by atoms with van der Waals surface area (Å²) in [5.74, 6) is 0.439. The fraction of sp³-hybridized carbons (Fsp3) is 0.444. The van der Waals surface area contributed by atoms with Crippen LogP contribution >= 0.6 is 15.9 Å². The standard InChI is InChI=1S/C9H13BrN4O/c1-11-4-2-3-9(15)14-8-6-12-7(10)5-13-8/h5-6,11H,2-4H2,1H3,(H,13,14,15). The van der Waals surface area contributed by atoms with Gasteiger partial charge in [0, 0.05) is 6.42 Å². The number of amides is 1. The van der Waals surface area contributed by atoms with Gasteiger partial charge in [-0.25, -0.2) is 9.97 Å². The number of hydrogen-bond donors (Lipinski definition) is 2. The van der Waals surface area contributed by atoms with E-state index in [1.54, 1.807) is 6.20 Å². The highest BCUT2D eigenvalue weighted by molar-refractivity contribution is 9.10. The summed E-state index contributed by atoms with van der Waals surface area (Å²) < 4.78 is 0.649. The number of nitrogens with one attached hydrogen (secondary N) is 2. The van der Waals surface area contributed by atoms with Gasteiger partial charge >= 0.3 is 0 Å². The lowest BCUT2D eigenvalue weighted by atomic mass is 10.3. The van der Waals surface area contributed by atoms with Crippen LogP contribution in [0.2, 0.25) is 0 Å². The average Bonchev–Trinajstić information content (AvgIpc) is 2.22. The highest BCUT2D eigenvalue weighted by Crippen LogP contribution is 2.06.